The Labute approximate surface area is 197 Å². The fraction of sp³-hybridized carbons (Fsp3) is 0.767. The number of esters is 1. The minimum Gasteiger partial charge on any atom is -0.462 e. The third-order valence-corrected chi connectivity index (χ3v) is 10.3. The predicted octanol–water partition coefficient (Wildman–Crippen LogP) is 7.90. The van der Waals surface area contributed by atoms with Crippen LogP contribution in [0.15, 0.2) is 35.5 Å². The van der Waals surface area contributed by atoms with Gasteiger partial charge in [-0.05, 0) is 84.9 Å². The molecular formula is C30H46O2. The van der Waals surface area contributed by atoms with Crippen molar-refractivity contribution < 1.29 is 9.53 Å². The van der Waals surface area contributed by atoms with Crippen LogP contribution in [0.25, 0.3) is 0 Å². The Bertz CT molecular complexity index is 817. The molecule has 0 N–H and O–H groups in total. The lowest BCUT2D eigenvalue weighted by Crippen LogP contribution is -2.46. The summed E-state index contributed by atoms with van der Waals surface area (Å²) in [5.74, 6) is 4.11. The molecule has 0 radical (unpaired) electrons. The zero-order valence-corrected chi connectivity index (χ0v) is 21.6. The molecule has 0 amide bonds. The first-order valence-corrected chi connectivity index (χ1v) is 13.3. The second-order valence-electron chi connectivity index (χ2n) is 12.4. The van der Waals surface area contributed by atoms with Gasteiger partial charge in [-0.2, -0.15) is 0 Å². The molecule has 0 saturated heterocycles. The van der Waals surface area contributed by atoms with Crippen LogP contribution in [0.2, 0.25) is 0 Å². The standard InChI is InChI=1S/C30H46O2/c1-19(2)20(3)8-9-21(4)26-12-13-27-25-11-10-23-18-24(32-22(5)31)14-16-29(23,6)28(25)15-17-30(26,27)7/h8-11,19-21,24,26-28H,12-18H2,1-7H3/t20-,21+,24?,26+,27-,28-,29-,30+/m0/s1. The Morgan fingerprint density at radius 2 is 1.75 bits per heavy atom. The third-order valence-electron chi connectivity index (χ3n) is 10.3. The number of carbonyl (C=O) groups is 1. The van der Waals surface area contributed by atoms with Crippen LogP contribution in [0, 0.1) is 46.3 Å². The highest BCUT2D eigenvalue weighted by molar-refractivity contribution is 5.66. The zero-order chi connectivity index (χ0) is 23.3. The van der Waals surface area contributed by atoms with Crippen LogP contribution in [-0.2, 0) is 9.53 Å². The van der Waals surface area contributed by atoms with E-state index in [9.17, 15) is 4.79 Å². The number of fused-ring (bicyclic) bond motifs is 5. The van der Waals surface area contributed by atoms with E-state index in [0.29, 0.717) is 29.1 Å². The molecule has 32 heavy (non-hydrogen) atoms. The molecular weight excluding hydrogens is 392 g/mol. The molecule has 2 nitrogen and oxygen atoms in total. The van der Waals surface area contributed by atoms with Crippen LogP contribution in [-0.4, -0.2) is 12.1 Å². The maximum absolute atomic E-state index is 11.5. The van der Waals surface area contributed by atoms with Crippen LogP contribution in [0.1, 0.15) is 93.4 Å². The van der Waals surface area contributed by atoms with Crippen LogP contribution in [0.4, 0.5) is 0 Å². The number of hydrogen-bond donors (Lipinski definition) is 0. The molecule has 0 heterocycles. The lowest BCUT2D eigenvalue weighted by molar-refractivity contribution is -0.148. The molecule has 4 aliphatic carbocycles. The predicted molar refractivity (Wildman–Crippen MR) is 133 cm³/mol. The Morgan fingerprint density at radius 1 is 1.00 bits per heavy atom. The first-order chi connectivity index (χ1) is 15.1. The summed E-state index contributed by atoms with van der Waals surface area (Å²) in [6, 6.07) is 0. The van der Waals surface area contributed by atoms with Gasteiger partial charge in [0, 0.05) is 13.3 Å². The van der Waals surface area contributed by atoms with E-state index in [4.69, 9.17) is 4.74 Å². The SMILES string of the molecule is CC(=O)OC1CC[C@@]2(C)C(=CC=C3[C@@H]4CC[C@H]([C@H](C)C=C[C@H](C)C(C)C)[C@@]4(C)CC[C@@H]32)C1. The second-order valence-corrected chi connectivity index (χ2v) is 12.4. The fourth-order valence-corrected chi connectivity index (χ4v) is 7.92. The molecule has 2 heteroatoms. The van der Waals surface area contributed by atoms with Gasteiger partial charge < -0.3 is 4.74 Å². The first kappa shape index (κ1) is 23.8. The minimum absolute atomic E-state index is 0.0763. The molecule has 3 saturated carbocycles. The third kappa shape index (κ3) is 4.05. The summed E-state index contributed by atoms with van der Waals surface area (Å²) < 4.78 is 5.59. The number of ether oxygens (including phenoxy) is 1. The molecule has 178 valence electrons. The highest BCUT2D eigenvalue weighted by atomic mass is 16.5. The Balaban J connectivity index is 1.54. The quantitative estimate of drug-likeness (QED) is 0.322. The van der Waals surface area contributed by atoms with Gasteiger partial charge in [0.2, 0.25) is 0 Å². The topological polar surface area (TPSA) is 26.3 Å². The lowest BCUT2D eigenvalue weighted by atomic mass is 9.50. The Kier molecular flexibility index (Phi) is 6.56. The smallest absolute Gasteiger partial charge is 0.302 e. The van der Waals surface area contributed by atoms with E-state index in [2.05, 4.69) is 65.8 Å². The van der Waals surface area contributed by atoms with E-state index < -0.39 is 0 Å². The van der Waals surface area contributed by atoms with Gasteiger partial charge in [-0.3, -0.25) is 4.79 Å². The zero-order valence-electron chi connectivity index (χ0n) is 21.6. The van der Waals surface area contributed by atoms with E-state index in [1.807, 2.05) is 0 Å². The van der Waals surface area contributed by atoms with Gasteiger partial charge in [-0.15, -0.1) is 0 Å². The molecule has 0 aliphatic heterocycles. The summed E-state index contributed by atoms with van der Waals surface area (Å²) in [5, 5.41) is 0. The molecule has 3 fully saturated rings. The van der Waals surface area contributed by atoms with Gasteiger partial charge in [0.25, 0.3) is 0 Å². The van der Waals surface area contributed by atoms with Crippen molar-refractivity contribution in [3.63, 3.8) is 0 Å². The summed E-state index contributed by atoms with van der Waals surface area (Å²) in [7, 11) is 0. The van der Waals surface area contributed by atoms with E-state index in [1.165, 1.54) is 31.3 Å². The van der Waals surface area contributed by atoms with Crippen molar-refractivity contribution in [2.45, 2.75) is 99.5 Å². The van der Waals surface area contributed by atoms with E-state index in [-0.39, 0.29) is 17.5 Å². The van der Waals surface area contributed by atoms with Crippen molar-refractivity contribution in [2.75, 3.05) is 0 Å². The van der Waals surface area contributed by atoms with Gasteiger partial charge in [-0.1, -0.05) is 77.0 Å². The van der Waals surface area contributed by atoms with Crippen molar-refractivity contribution in [3.05, 3.63) is 35.5 Å². The molecule has 8 atom stereocenters. The van der Waals surface area contributed by atoms with Crippen LogP contribution in [0.3, 0.4) is 0 Å². The largest absolute Gasteiger partial charge is 0.462 e. The maximum Gasteiger partial charge on any atom is 0.302 e. The molecule has 0 aromatic rings. The van der Waals surface area contributed by atoms with Gasteiger partial charge in [0.05, 0.1) is 0 Å². The van der Waals surface area contributed by atoms with Crippen molar-refractivity contribution in [1.29, 1.82) is 0 Å². The van der Waals surface area contributed by atoms with Gasteiger partial charge in [-0.25, -0.2) is 0 Å². The highest BCUT2D eigenvalue weighted by Crippen LogP contribution is 2.66. The van der Waals surface area contributed by atoms with Crippen LogP contribution >= 0.6 is 0 Å². The normalized spacial score (nSPS) is 40.8. The number of carbonyl (C=O) groups excluding carboxylic acids is 1. The van der Waals surface area contributed by atoms with Gasteiger partial charge in [0.1, 0.15) is 6.10 Å². The highest BCUT2D eigenvalue weighted by Gasteiger charge is 2.56. The molecule has 4 rings (SSSR count). The molecule has 0 aromatic heterocycles. The number of rotatable bonds is 5. The molecule has 0 bridgehead atoms. The Hall–Kier alpha value is -1.31. The lowest BCUT2D eigenvalue weighted by Gasteiger charge is -2.55. The fourth-order valence-electron chi connectivity index (χ4n) is 7.92. The van der Waals surface area contributed by atoms with E-state index in [1.54, 1.807) is 12.5 Å². The van der Waals surface area contributed by atoms with Crippen molar-refractivity contribution in [1.82, 2.24) is 0 Å². The molecule has 1 unspecified atom stereocenters. The summed E-state index contributed by atoms with van der Waals surface area (Å²) in [4.78, 5) is 11.5. The second kappa shape index (κ2) is 8.80. The first-order valence-electron chi connectivity index (χ1n) is 13.3. The van der Waals surface area contributed by atoms with Crippen molar-refractivity contribution >= 4 is 5.97 Å². The summed E-state index contributed by atoms with van der Waals surface area (Å²) >= 11 is 0. The van der Waals surface area contributed by atoms with Crippen LogP contribution in [0.5, 0.6) is 0 Å². The maximum atomic E-state index is 11.5. The summed E-state index contributed by atoms with van der Waals surface area (Å²) in [6.45, 7) is 16.1. The average molecular weight is 439 g/mol. The van der Waals surface area contributed by atoms with Crippen LogP contribution < -0.4 is 0 Å². The molecule has 0 spiro atoms. The molecule has 4 aliphatic rings. The number of allylic oxidation sites excluding steroid dienone is 5. The Morgan fingerprint density at radius 3 is 2.44 bits per heavy atom. The summed E-state index contributed by atoms with van der Waals surface area (Å²) in [5.41, 5.74) is 3.98. The van der Waals surface area contributed by atoms with Gasteiger partial charge >= 0.3 is 5.97 Å². The minimum atomic E-state index is -0.136. The average Bonchev–Trinajstić information content (AvgIpc) is 3.08. The monoisotopic (exact) mass is 438 g/mol. The van der Waals surface area contributed by atoms with E-state index >= 15 is 0 Å². The van der Waals surface area contributed by atoms with Crippen molar-refractivity contribution in [3.8, 4) is 0 Å². The summed E-state index contributed by atoms with van der Waals surface area (Å²) in [6.07, 6.45) is 18.5. The van der Waals surface area contributed by atoms with Gasteiger partial charge in [0.15, 0.2) is 0 Å². The van der Waals surface area contributed by atoms with Crippen molar-refractivity contribution in [2.24, 2.45) is 46.3 Å². The number of hydrogen-bond acceptors (Lipinski definition) is 2. The van der Waals surface area contributed by atoms with E-state index in [0.717, 1.165) is 31.1 Å². The molecule has 0 aromatic carbocycles.